The van der Waals surface area contributed by atoms with Crippen LogP contribution in [0.15, 0.2) is 6.20 Å². The summed E-state index contributed by atoms with van der Waals surface area (Å²) in [6, 6.07) is 0. The maximum absolute atomic E-state index is 10.7. The number of rotatable bonds is 3. The van der Waals surface area contributed by atoms with Crippen molar-refractivity contribution in [2.75, 3.05) is 6.54 Å². The summed E-state index contributed by atoms with van der Waals surface area (Å²) in [5, 5.41) is 3.67. The van der Waals surface area contributed by atoms with Gasteiger partial charge in [-0.1, -0.05) is 0 Å². The van der Waals surface area contributed by atoms with Crippen LogP contribution in [0.2, 0.25) is 0 Å². The third-order valence-electron chi connectivity index (χ3n) is 1.31. The van der Waals surface area contributed by atoms with Gasteiger partial charge in [0, 0.05) is 11.1 Å². The molecular weight excluding hydrogens is 174 g/mol. The monoisotopic (exact) mass is 185 g/mol. The van der Waals surface area contributed by atoms with Crippen molar-refractivity contribution in [2.24, 2.45) is 5.73 Å². The van der Waals surface area contributed by atoms with E-state index in [-0.39, 0.29) is 12.5 Å². The zero-order chi connectivity index (χ0) is 8.97. The SMILES string of the molecule is Cc1ncc(CNC(=O)CN)s1. The summed E-state index contributed by atoms with van der Waals surface area (Å²) in [6.07, 6.45) is 1.76. The molecule has 0 saturated carbocycles. The van der Waals surface area contributed by atoms with Crippen molar-refractivity contribution in [2.45, 2.75) is 13.5 Å². The van der Waals surface area contributed by atoms with Gasteiger partial charge in [0.25, 0.3) is 0 Å². The van der Waals surface area contributed by atoms with E-state index in [1.54, 1.807) is 17.5 Å². The number of thiazole rings is 1. The Balaban J connectivity index is 2.38. The number of hydrogen-bond acceptors (Lipinski definition) is 4. The van der Waals surface area contributed by atoms with E-state index in [9.17, 15) is 4.79 Å². The van der Waals surface area contributed by atoms with Crippen LogP contribution in [0.1, 0.15) is 9.88 Å². The van der Waals surface area contributed by atoms with E-state index in [2.05, 4.69) is 10.3 Å². The van der Waals surface area contributed by atoms with E-state index in [1.165, 1.54) is 0 Å². The Labute approximate surface area is 74.8 Å². The first-order valence-electron chi connectivity index (χ1n) is 3.60. The average molecular weight is 185 g/mol. The fourth-order valence-electron chi connectivity index (χ4n) is 0.745. The highest BCUT2D eigenvalue weighted by molar-refractivity contribution is 7.11. The summed E-state index contributed by atoms with van der Waals surface area (Å²) < 4.78 is 0. The quantitative estimate of drug-likeness (QED) is 0.698. The molecule has 0 aromatic carbocycles. The van der Waals surface area contributed by atoms with Gasteiger partial charge in [-0.3, -0.25) is 4.79 Å². The Morgan fingerprint density at radius 3 is 3.08 bits per heavy atom. The topological polar surface area (TPSA) is 68.0 Å². The molecule has 0 bridgehead atoms. The number of amides is 1. The van der Waals surface area contributed by atoms with Crippen LogP contribution < -0.4 is 11.1 Å². The molecule has 3 N–H and O–H groups in total. The predicted octanol–water partition coefficient (Wildman–Crippen LogP) is 0.0264. The third kappa shape index (κ3) is 2.60. The van der Waals surface area contributed by atoms with Crippen molar-refractivity contribution in [3.8, 4) is 0 Å². The number of nitrogens with zero attached hydrogens (tertiary/aromatic N) is 1. The highest BCUT2D eigenvalue weighted by Crippen LogP contribution is 2.10. The fourth-order valence-corrected chi connectivity index (χ4v) is 1.48. The molecule has 1 aromatic rings. The van der Waals surface area contributed by atoms with Gasteiger partial charge in [0.15, 0.2) is 0 Å². The third-order valence-corrected chi connectivity index (χ3v) is 2.23. The van der Waals surface area contributed by atoms with E-state index in [0.717, 1.165) is 9.88 Å². The number of nitrogens with two attached hydrogens (primary N) is 1. The largest absolute Gasteiger partial charge is 0.350 e. The fraction of sp³-hybridized carbons (Fsp3) is 0.429. The van der Waals surface area contributed by atoms with E-state index in [1.807, 2.05) is 6.92 Å². The Morgan fingerprint density at radius 2 is 2.58 bits per heavy atom. The highest BCUT2D eigenvalue weighted by atomic mass is 32.1. The second-order valence-corrected chi connectivity index (χ2v) is 3.65. The lowest BCUT2D eigenvalue weighted by Gasteiger charge is -1.98. The van der Waals surface area contributed by atoms with Gasteiger partial charge in [0.2, 0.25) is 5.91 Å². The minimum Gasteiger partial charge on any atom is -0.350 e. The lowest BCUT2D eigenvalue weighted by Crippen LogP contribution is -2.29. The molecule has 12 heavy (non-hydrogen) atoms. The van der Waals surface area contributed by atoms with Crippen molar-refractivity contribution in [3.05, 3.63) is 16.1 Å². The lowest BCUT2D eigenvalue weighted by molar-refractivity contribution is -0.119. The summed E-state index contributed by atoms with van der Waals surface area (Å²) in [5.74, 6) is -0.138. The van der Waals surface area contributed by atoms with Gasteiger partial charge in [-0.2, -0.15) is 0 Å². The molecule has 1 amide bonds. The zero-order valence-electron chi connectivity index (χ0n) is 6.83. The Bertz CT molecular complexity index is 271. The average Bonchev–Trinajstić information content (AvgIpc) is 2.47. The molecule has 1 rings (SSSR count). The molecule has 1 heterocycles. The van der Waals surface area contributed by atoms with Crippen LogP contribution in [-0.4, -0.2) is 17.4 Å². The van der Waals surface area contributed by atoms with Gasteiger partial charge < -0.3 is 11.1 Å². The minimum absolute atomic E-state index is 0.0395. The molecule has 5 heteroatoms. The molecule has 0 saturated heterocycles. The summed E-state index contributed by atoms with van der Waals surface area (Å²) in [7, 11) is 0. The van der Waals surface area contributed by atoms with Crippen LogP contribution in [0, 0.1) is 6.92 Å². The Hall–Kier alpha value is -0.940. The van der Waals surface area contributed by atoms with Crippen molar-refractivity contribution in [1.29, 1.82) is 0 Å². The molecule has 66 valence electrons. The number of aryl methyl sites for hydroxylation is 1. The molecule has 0 atom stereocenters. The van der Waals surface area contributed by atoms with Gasteiger partial charge in [0.05, 0.1) is 18.1 Å². The van der Waals surface area contributed by atoms with Crippen molar-refractivity contribution < 1.29 is 4.79 Å². The summed E-state index contributed by atoms with van der Waals surface area (Å²) in [4.78, 5) is 15.8. The van der Waals surface area contributed by atoms with Crippen molar-refractivity contribution in [1.82, 2.24) is 10.3 Å². The molecule has 0 radical (unpaired) electrons. The molecule has 0 aliphatic heterocycles. The van der Waals surface area contributed by atoms with Crippen molar-refractivity contribution >= 4 is 17.2 Å². The maximum atomic E-state index is 10.7. The van der Waals surface area contributed by atoms with Gasteiger partial charge in [-0.05, 0) is 6.92 Å². The Kier molecular flexibility index (Phi) is 3.19. The summed E-state index contributed by atoms with van der Waals surface area (Å²) in [6.45, 7) is 2.50. The number of hydrogen-bond donors (Lipinski definition) is 2. The van der Waals surface area contributed by atoms with Crippen LogP contribution in [0.5, 0.6) is 0 Å². The van der Waals surface area contributed by atoms with Crippen LogP contribution in [0.25, 0.3) is 0 Å². The normalized spacial score (nSPS) is 9.83. The smallest absolute Gasteiger partial charge is 0.234 e. The summed E-state index contributed by atoms with van der Waals surface area (Å²) in [5.41, 5.74) is 5.12. The molecule has 4 nitrogen and oxygen atoms in total. The highest BCUT2D eigenvalue weighted by Gasteiger charge is 1.99. The van der Waals surface area contributed by atoms with Crippen LogP contribution >= 0.6 is 11.3 Å². The second kappa shape index (κ2) is 4.18. The van der Waals surface area contributed by atoms with Crippen LogP contribution in [0.4, 0.5) is 0 Å². The number of nitrogens with one attached hydrogen (secondary N) is 1. The van der Waals surface area contributed by atoms with Gasteiger partial charge in [0.1, 0.15) is 0 Å². The maximum Gasteiger partial charge on any atom is 0.234 e. The lowest BCUT2D eigenvalue weighted by atomic mass is 10.5. The molecule has 0 unspecified atom stereocenters. The molecule has 0 spiro atoms. The zero-order valence-corrected chi connectivity index (χ0v) is 7.65. The first-order chi connectivity index (χ1) is 5.72. The van der Waals surface area contributed by atoms with Crippen molar-refractivity contribution in [3.63, 3.8) is 0 Å². The van der Waals surface area contributed by atoms with Gasteiger partial charge in [-0.15, -0.1) is 11.3 Å². The molecule has 0 fully saturated rings. The standard InChI is InChI=1S/C7H11N3OS/c1-5-9-3-6(12-5)4-10-7(11)2-8/h3H,2,4,8H2,1H3,(H,10,11). The van der Waals surface area contributed by atoms with Crippen LogP contribution in [0.3, 0.4) is 0 Å². The van der Waals surface area contributed by atoms with E-state index >= 15 is 0 Å². The predicted molar refractivity (Wildman–Crippen MR) is 47.8 cm³/mol. The second-order valence-electron chi connectivity index (χ2n) is 2.33. The number of carbonyl (C=O) groups is 1. The number of carbonyl (C=O) groups excluding carboxylic acids is 1. The Morgan fingerprint density at radius 1 is 1.83 bits per heavy atom. The van der Waals surface area contributed by atoms with E-state index in [4.69, 9.17) is 5.73 Å². The molecule has 0 aliphatic carbocycles. The number of aromatic nitrogens is 1. The molecule has 1 aromatic heterocycles. The molecule has 0 aliphatic rings. The van der Waals surface area contributed by atoms with Crippen LogP contribution in [-0.2, 0) is 11.3 Å². The van der Waals surface area contributed by atoms with Gasteiger partial charge in [-0.25, -0.2) is 4.98 Å². The van der Waals surface area contributed by atoms with E-state index in [0.29, 0.717) is 6.54 Å². The van der Waals surface area contributed by atoms with Gasteiger partial charge >= 0.3 is 0 Å². The summed E-state index contributed by atoms with van der Waals surface area (Å²) >= 11 is 1.57. The first-order valence-corrected chi connectivity index (χ1v) is 4.42. The molecular formula is C7H11N3OS. The minimum atomic E-state index is -0.138. The first kappa shape index (κ1) is 9.15. The van der Waals surface area contributed by atoms with E-state index < -0.39 is 0 Å².